The van der Waals surface area contributed by atoms with Crippen LogP contribution in [0.5, 0.6) is 5.75 Å². The summed E-state index contributed by atoms with van der Waals surface area (Å²) in [6.45, 7) is 0.592. The van der Waals surface area contributed by atoms with Crippen molar-refractivity contribution in [3.05, 3.63) is 59.1 Å². The average Bonchev–Trinajstić information content (AvgIpc) is 3.09. The highest BCUT2D eigenvalue weighted by Crippen LogP contribution is 2.25. The van der Waals surface area contributed by atoms with Gasteiger partial charge in [-0.2, -0.15) is 0 Å². The lowest BCUT2D eigenvalue weighted by Gasteiger charge is -2.14. The Bertz CT molecular complexity index is 684. The first-order chi connectivity index (χ1) is 11.7. The number of hydrogen-bond donors (Lipinski definition) is 2. The Hall–Kier alpha value is -1.78. The zero-order valence-corrected chi connectivity index (χ0v) is 15.0. The van der Waals surface area contributed by atoms with Crippen LogP contribution in [0.1, 0.15) is 31.2 Å². The molecule has 24 heavy (non-hydrogen) atoms. The molecule has 1 aliphatic carbocycles. The molecular formula is C19H21ClN2OS. The Morgan fingerprint density at radius 3 is 2.50 bits per heavy atom. The summed E-state index contributed by atoms with van der Waals surface area (Å²) < 4.78 is 5.96. The fourth-order valence-electron chi connectivity index (χ4n) is 2.81. The van der Waals surface area contributed by atoms with Gasteiger partial charge < -0.3 is 15.4 Å². The molecule has 0 aromatic heterocycles. The van der Waals surface area contributed by atoms with Crippen molar-refractivity contribution in [3.63, 3.8) is 0 Å². The molecule has 0 atom stereocenters. The van der Waals surface area contributed by atoms with E-state index in [-0.39, 0.29) is 0 Å². The predicted molar refractivity (Wildman–Crippen MR) is 104 cm³/mol. The van der Waals surface area contributed by atoms with Gasteiger partial charge in [-0.3, -0.25) is 0 Å². The third kappa shape index (κ3) is 4.86. The lowest BCUT2D eigenvalue weighted by molar-refractivity contribution is 0.210. The Morgan fingerprint density at radius 2 is 1.79 bits per heavy atom. The number of halogens is 1. The summed E-state index contributed by atoms with van der Waals surface area (Å²) >= 11 is 11.5. The molecule has 1 aliphatic rings. The van der Waals surface area contributed by atoms with E-state index in [1.54, 1.807) is 0 Å². The number of thiocarbonyl (C=S) groups is 1. The van der Waals surface area contributed by atoms with E-state index in [2.05, 4.69) is 10.6 Å². The standard InChI is InChI=1S/C19H21ClN2OS/c20-18-8-4-1-5-14(18)13-21-19(24)22-15-9-11-17(12-10-15)23-16-6-2-3-7-16/h1,4-5,8-12,16H,2-3,6-7,13H2,(H2,21,22,24). The zero-order valence-electron chi connectivity index (χ0n) is 13.4. The molecule has 0 amide bonds. The molecule has 0 spiro atoms. The average molecular weight is 361 g/mol. The summed E-state index contributed by atoms with van der Waals surface area (Å²) in [6.07, 6.45) is 5.25. The van der Waals surface area contributed by atoms with Gasteiger partial charge in [0.25, 0.3) is 0 Å². The summed E-state index contributed by atoms with van der Waals surface area (Å²) in [5, 5.41) is 7.65. The lowest BCUT2D eigenvalue weighted by Crippen LogP contribution is -2.27. The maximum Gasteiger partial charge on any atom is 0.171 e. The van der Waals surface area contributed by atoms with Gasteiger partial charge in [0.15, 0.2) is 5.11 Å². The van der Waals surface area contributed by atoms with E-state index >= 15 is 0 Å². The van der Waals surface area contributed by atoms with Crippen molar-refractivity contribution in [2.75, 3.05) is 5.32 Å². The SMILES string of the molecule is S=C(NCc1ccccc1Cl)Nc1ccc(OC2CCCC2)cc1. The van der Waals surface area contributed by atoms with Gasteiger partial charge in [-0.05, 0) is 73.8 Å². The minimum atomic E-state index is 0.377. The van der Waals surface area contributed by atoms with E-state index in [1.165, 1.54) is 12.8 Å². The van der Waals surface area contributed by atoms with Crippen LogP contribution in [-0.4, -0.2) is 11.2 Å². The van der Waals surface area contributed by atoms with Crippen LogP contribution in [0, 0.1) is 0 Å². The van der Waals surface area contributed by atoms with Crippen LogP contribution in [0.2, 0.25) is 5.02 Å². The minimum Gasteiger partial charge on any atom is -0.490 e. The van der Waals surface area contributed by atoms with Crippen LogP contribution < -0.4 is 15.4 Å². The van der Waals surface area contributed by atoms with Crippen LogP contribution in [0.3, 0.4) is 0 Å². The highest BCUT2D eigenvalue weighted by Gasteiger charge is 2.16. The van der Waals surface area contributed by atoms with Crippen LogP contribution >= 0.6 is 23.8 Å². The number of ether oxygens (including phenoxy) is 1. The van der Waals surface area contributed by atoms with Gasteiger partial charge in [-0.15, -0.1) is 0 Å². The van der Waals surface area contributed by atoms with Crippen molar-refractivity contribution in [1.29, 1.82) is 0 Å². The molecule has 3 nitrogen and oxygen atoms in total. The molecule has 1 saturated carbocycles. The number of benzene rings is 2. The molecule has 126 valence electrons. The Morgan fingerprint density at radius 1 is 1.08 bits per heavy atom. The van der Waals surface area contributed by atoms with Crippen LogP contribution in [0.25, 0.3) is 0 Å². The largest absolute Gasteiger partial charge is 0.490 e. The second kappa shape index (κ2) is 8.36. The highest BCUT2D eigenvalue weighted by atomic mass is 35.5. The molecule has 2 aromatic carbocycles. The summed E-state index contributed by atoms with van der Waals surface area (Å²) in [7, 11) is 0. The highest BCUT2D eigenvalue weighted by molar-refractivity contribution is 7.80. The normalized spacial score (nSPS) is 14.4. The topological polar surface area (TPSA) is 33.3 Å². The second-order valence-electron chi connectivity index (χ2n) is 5.95. The minimum absolute atomic E-state index is 0.377. The summed E-state index contributed by atoms with van der Waals surface area (Å²) in [5.74, 6) is 0.919. The van der Waals surface area contributed by atoms with Crippen molar-refractivity contribution in [2.24, 2.45) is 0 Å². The number of hydrogen-bond acceptors (Lipinski definition) is 2. The first kappa shape index (κ1) is 17.1. The Balaban J connectivity index is 1.48. The predicted octanol–water partition coefficient (Wildman–Crippen LogP) is 5.15. The molecule has 0 bridgehead atoms. The molecule has 2 N–H and O–H groups in total. The van der Waals surface area contributed by atoms with E-state index in [1.807, 2.05) is 48.5 Å². The van der Waals surface area contributed by atoms with Gasteiger partial charge in [0.2, 0.25) is 0 Å². The van der Waals surface area contributed by atoms with Crippen molar-refractivity contribution >= 4 is 34.6 Å². The third-order valence-electron chi connectivity index (χ3n) is 4.11. The molecule has 1 fully saturated rings. The summed E-state index contributed by atoms with van der Waals surface area (Å²) in [4.78, 5) is 0. The van der Waals surface area contributed by atoms with Gasteiger partial charge in [0, 0.05) is 17.3 Å². The molecule has 3 rings (SSSR count). The fraction of sp³-hybridized carbons (Fsp3) is 0.316. The maximum atomic E-state index is 6.14. The number of anilines is 1. The molecule has 0 heterocycles. The van der Waals surface area contributed by atoms with E-state index in [4.69, 9.17) is 28.6 Å². The molecular weight excluding hydrogens is 340 g/mol. The Labute approximate surface area is 153 Å². The van der Waals surface area contributed by atoms with Gasteiger partial charge in [0.1, 0.15) is 5.75 Å². The van der Waals surface area contributed by atoms with Crippen LogP contribution in [0.4, 0.5) is 5.69 Å². The van der Waals surface area contributed by atoms with E-state index in [0.29, 0.717) is 17.8 Å². The first-order valence-electron chi connectivity index (χ1n) is 8.26. The monoisotopic (exact) mass is 360 g/mol. The summed E-state index contributed by atoms with van der Waals surface area (Å²) in [6, 6.07) is 15.7. The van der Waals surface area contributed by atoms with Crippen LogP contribution in [0.15, 0.2) is 48.5 Å². The molecule has 0 saturated heterocycles. The molecule has 0 unspecified atom stereocenters. The van der Waals surface area contributed by atoms with Crippen molar-refractivity contribution < 1.29 is 4.74 Å². The summed E-state index contributed by atoms with van der Waals surface area (Å²) in [5.41, 5.74) is 1.95. The van der Waals surface area contributed by atoms with Crippen molar-refractivity contribution in [2.45, 2.75) is 38.3 Å². The smallest absolute Gasteiger partial charge is 0.171 e. The fourth-order valence-corrected chi connectivity index (χ4v) is 3.20. The molecule has 0 aliphatic heterocycles. The van der Waals surface area contributed by atoms with Gasteiger partial charge in [-0.25, -0.2) is 0 Å². The van der Waals surface area contributed by atoms with Gasteiger partial charge >= 0.3 is 0 Å². The van der Waals surface area contributed by atoms with Crippen LogP contribution in [-0.2, 0) is 6.54 Å². The van der Waals surface area contributed by atoms with Gasteiger partial charge in [-0.1, -0.05) is 29.8 Å². The first-order valence-corrected chi connectivity index (χ1v) is 9.04. The number of rotatable bonds is 5. The third-order valence-corrected chi connectivity index (χ3v) is 4.73. The molecule has 0 radical (unpaired) electrons. The van der Waals surface area contributed by atoms with E-state index in [9.17, 15) is 0 Å². The van der Waals surface area contributed by atoms with E-state index in [0.717, 1.165) is 34.9 Å². The molecule has 2 aromatic rings. The van der Waals surface area contributed by atoms with Crippen molar-refractivity contribution in [3.8, 4) is 5.75 Å². The van der Waals surface area contributed by atoms with Crippen molar-refractivity contribution in [1.82, 2.24) is 5.32 Å². The molecule has 5 heteroatoms. The van der Waals surface area contributed by atoms with Gasteiger partial charge in [0.05, 0.1) is 6.10 Å². The quantitative estimate of drug-likeness (QED) is 0.722. The zero-order chi connectivity index (χ0) is 16.8. The Kier molecular flexibility index (Phi) is 5.94. The van der Waals surface area contributed by atoms with E-state index < -0.39 is 0 Å². The number of nitrogens with one attached hydrogen (secondary N) is 2. The second-order valence-corrected chi connectivity index (χ2v) is 6.76. The maximum absolute atomic E-state index is 6.14. The lowest BCUT2D eigenvalue weighted by atomic mass is 10.2.